The topological polar surface area (TPSA) is 102 Å². The minimum atomic E-state index is -3.93. The highest BCUT2D eigenvalue weighted by Gasteiger charge is 2.17. The SMILES string of the molecule is Cc1ccc(CCNC(=O)c2ccc(S(N)(=O)=O)o2)cc1. The van der Waals surface area contributed by atoms with Crippen molar-refractivity contribution in [3.05, 3.63) is 53.3 Å². The highest BCUT2D eigenvalue weighted by atomic mass is 32.2. The molecule has 0 saturated carbocycles. The van der Waals surface area contributed by atoms with Gasteiger partial charge in [-0.2, -0.15) is 0 Å². The van der Waals surface area contributed by atoms with Gasteiger partial charge in [-0.15, -0.1) is 0 Å². The van der Waals surface area contributed by atoms with Crippen LogP contribution in [-0.2, 0) is 16.4 Å². The number of furan rings is 1. The molecule has 6 nitrogen and oxygen atoms in total. The summed E-state index contributed by atoms with van der Waals surface area (Å²) in [6.07, 6.45) is 0.675. The fourth-order valence-electron chi connectivity index (χ4n) is 1.76. The molecule has 3 N–H and O–H groups in total. The number of primary sulfonamides is 1. The van der Waals surface area contributed by atoms with Crippen LogP contribution in [0.1, 0.15) is 21.7 Å². The Labute approximate surface area is 123 Å². The molecular weight excluding hydrogens is 292 g/mol. The van der Waals surface area contributed by atoms with Crippen LogP contribution in [0, 0.1) is 6.92 Å². The van der Waals surface area contributed by atoms with Gasteiger partial charge in [0.2, 0.25) is 5.09 Å². The molecule has 0 aliphatic rings. The smallest absolute Gasteiger partial charge is 0.287 e. The summed E-state index contributed by atoms with van der Waals surface area (Å²) >= 11 is 0. The third kappa shape index (κ3) is 4.17. The van der Waals surface area contributed by atoms with E-state index in [2.05, 4.69) is 5.32 Å². The van der Waals surface area contributed by atoms with E-state index in [4.69, 9.17) is 9.56 Å². The lowest BCUT2D eigenvalue weighted by atomic mass is 10.1. The minimum Gasteiger partial charge on any atom is -0.438 e. The lowest BCUT2D eigenvalue weighted by molar-refractivity contribution is 0.0921. The molecule has 2 rings (SSSR count). The second-order valence-electron chi connectivity index (χ2n) is 4.66. The third-order valence-corrected chi connectivity index (χ3v) is 3.69. The van der Waals surface area contributed by atoms with Gasteiger partial charge in [0.1, 0.15) is 0 Å². The van der Waals surface area contributed by atoms with Crippen molar-refractivity contribution < 1.29 is 17.6 Å². The third-order valence-electron chi connectivity index (χ3n) is 2.91. The second-order valence-corrected chi connectivity index (χ2v) is 6.15. The highest BCUT2D eigenvalue weighted by molar-refractivity contribution is 7.89. The van der Waals surface area contributed by atoms with Gasteiger partial charge in [0.05, 0.1) is 0 Å². The first-order chi connectivity index (χ1) is 9.86. The molecule has 1 amide bonds. The molecule has 112 valence electrons. The maximum Gasteiger partial charge on any atom is 0.287 e. The van der Waals surface area contributed by atoms with Gasteiger partial charge in [0.15, 0.2) is 5.76 Å². The van der Waals surface area contributed by atoms with Gasteiger partial charge in [-0.3, -0.25) is 4.79 Å². The quantitative estimate of drug-likeness (QED) is 0.866. The maximum absolute atomic E-state index is 11.8. The molecule has 0 saturated heterocycles. The summed E-state index contributed by atoms with van der Waals surface area (Å²) in [7, 11) is -3.93. The van der Waals surface area contributed by atoms with Crippen LogP contribution >= 0.6 is 0 Å². The van der Waals surface area contributed by atoms with Crippen LogP contribution in [0.15, 0.2) is 45.9 Å². The van der Waals surface area contributed by atoms with Crippen molar-refractivity contribution >= 4 is 15.9 Å². The van der Waals surface area contributed by atoms with E-state index in [1.165, 1.54) is 11.6 Å². The second kappa shape index (κ2) is 6.11. The zero-order valence-corrected chi connectivity index (χ0v) is 12.3. The van der Waals surface area contributed by atoms with Crippen molar-refractivity contribution in [3.63, 3.8) is 0 Å². The number of aryl methyl sites for hydroxylation is 1. The predicted molar refractivity (Wildman–Crippen MR) is 77.3 cm³/mol. The molecule has 0 radical (unpaired) electrons. The normalized spacial score (nSPS) is 11.3. The van der Waals surface area contributed by atoms with E-state index in [0.717, 1.165) is 11.6 Å². The summed E-state index contributed by atoms with van der Waals surface area (Å²) in [6, 6.07) is 10.4. The summed E-state index contributed by atoms with van der Waals surface area (Å²) in [4.78, 5) is 11.8. The number of carbonyl (C=O) groups excluding carboxylic acids is 1. The highest BCUT2D eigenvalue weighted by Crippen LogP contribution is 2.12. The maximum atomic E-state index is 11.8. The predicted octanol–water partition coefficient (Wildman–Crippen LogP) is 1.21. The Kier molecular flexibility index (Phi) is 4.44. The average Bonchev–Trinajstić information content (AvgIpc) is 2.90. The van der Waals surface area contributed by atoms with E-state index in [1.807, 2.05) is 31.2 Å². The molecule has 0 bridgehead atoms. The van der Waals surface area contributed by atoms with Crippen LogP contribution in [-0.4, -0.2) is 20.9 Å². The monoisotopic (exact) mass is 308 g/mol. The summed E-state index contributed by atoms with van der Waals surface area (Å²) in [5.74, 6) is -0.556. The van der Waals surface area contributed by atoms with Gasteiger partial charge >= 0.3 is 0 Å². The summed E-state index contributed by atoms with van der Waals surface area (Å²) < 4.78 is 27.0. The zero-order valence-electron chi connectivity index (χ0n) is 11.5. The van der Waals surface area contributed by atoms with Gasteiger partial charge in [-0.1, -0.05) is 29.8 Å². The molecule has 0 fully saturated rings. The van der Waals surface area contributed by atoms with Gasteiger partial charge in [-0.05, 0) is 31.0 Å². The van der Waals surface area contributed by atoms with Crippen molar-refractivity contribution in [2.45, 2.75) is 18.4 Å². The molecule has 2 aromatic rings. The Hall–Kier alpha value is -2.12. The Morgan fingerprint density at radius 2 is 1.86 bits per heavy atom. The number of hydrogen-bond acceptors (Lipinski definition) is 4. The number of amides is 1. The van der Waals surface area contributed by atoms with Crippen molar-refractivity contribution in [1.82, 2.24) is 5.32 Å². The van der Waals surface area contributed by atoms with Crippen molar-refractivity contribution in [2.24, 2.45) is 5.14 Å². The molecule has 1 heterocycles. The molecule has 1 aromatic heterocycles. The van der Waals surface area contributed by atoms with E-state index < -0.39 is 21.0 Å². The molecule has 1 aromatic carbocycles. The number of rotatable bonds is 5. The lowest BCUT2D eigenvalue weighted by Crippen LogP contribution is -2.25. The summed E-state index contributed by atoms with van der Waals surface area (Å²) in [5, 5.41) is 7.14. The van der Waals surface area contributed by atoms with E-state index in [0.29, 0.717) is 13.0 Å². The fraction of sp³-hybridized carbons (Fsp3) is 0.214. The zero-order chi connectivity index (χ0) is 15.5. The van der Waals surface area contributed by atoms with Crippen LogP contribution < -0.4 is 10.5 Å². The molecule has 21 heavy (non-hydrogen) atoms. The van der Waals surface area contributed by atoms with Crippen molar-refractivity contribution in [1.29, 1.82) is 0 Å². The molecule has 0 atom stereocenters. The van der Waals surface area contributed by atoms with Crippen LogP contribution in [0.3, 0.4) is 0 Å². The summed E-state index contributed by atoms with van der Waals surface area (Å²) in [5.41, 5.74) is 2.28. The van der Waals surface area contributed by atoms with Crippen molar-refractivity contribution in [3.8, 4) is 0 Å². The average molecular weight is 308 g/mol. The van der Waals surface area contributed by atoms with Gasteiger partial charge in [0.25, 0.3) is 15.9 Å². The largest absolute Gasteiger partial charge is 0.438 e. The first kappa shape index (κ1) is 15.3. The molecule has 0 aliphatic carbocycles. The summed E-state index contributed by atoms with van der Waals surface area (Å²) in [6.45, 7) is 2.43. The molecule has 7 heteroatoms. The van der Waals surface area contributed by atoms with E-state index in [-0.39, 0.29) is 5.76 Å². The Balaban J connectivity index is 1.90. The molecular formula is C14H16N2O4S. The van der Waals surface area contributed by atoms with Gasteiger partial charge in [-0.25, -0.2) is 13.6 Å². The van der Waals surface area contributed by atoms with E-state index >= 15 is 0 Å². The lowest BCUT2D eigenvalue weighted by Gasteiger charge is -2.04. The van der Waals surface area contributed by atoms with Gasteiger partial charge in [0, 0.05) is 6.54 Å². The first-order valence-electron chi connectivity index (χ1n) is 6.32. The molecule has 0 unspecified atom stereocenters. The number of carbonyl (C=O) groups is 1. The van der Waals surface area contributed by atoms with E-state index in [1.54, 1.807) is 0 Å². The molecule has 0 spiro atoms. The Morgan fingerprint density at radius 1 is 1.19 bits per heavy atom. The van der Waals surface area contributed by atoms with Crippen LogP contribution in [0.2, 0.25) is 0 Å². The number of hydrogen-bond donors (Lipinski definition) is 2. The van der Waals surface area contributed by atoms with Gasteiger partial charge < -0.3 is 9.73 Å². The molecule has 0 aliphatic heterocycles. The number of nitrogens with two attached hydrogens (primary N) is 1. The number of nitrogens with one attached hydrogen (secondary N) is 1. The minimum absolute atomic E-state index is 0.0806. The van der Waals surface area contributed by atoms with Crippen LogP contribution in [0.25, 0.3) is 0 Å². The standard InChI is InChI=1S/C14H16N2O4S/c1-10-2-4-11(5-3-10)8-9-16-14(17)12-6-7-13(20-12)21(15,18)19/h2-7H,8-9H2,1H3,(H,16,17)(H2,15,18,19). The van der Waals surface area contributed by atoms with Crippen LogP contribution in [0.5, 0.6) is 0 Å². The number of benzene rings is 1. The van der Waals surface area contributed by atoms with Crippen LogP contribution in [0.4, 0.5) is 0 Å². The fourth-order valence-corrected chi connectivity index (χ4v) is 2.22. The van der Waals surface area contributed by atoms with Crippen molar-refractivity contribution in [2.75, 3.05) is 6.54 Å². The first-order valence-corrected chi connectivity index (χ1v) is 7.87. The Bertz CT molecular complexity index is 733. The van der Waals surface area contributed by atoms with E-state index in [9.17, 15) is 13.2 Å². The Morgan fingerprint density at radius 3 is 2.43 bits per heavy atom. The number of sulfonamides is 1.